The van der Waals surface area contributed by atoms with E-state index in [1.807, 2.05) is 24.2 Å². The number of carbonyl (C=O) groups excluding carboxylic acids is 1. The maximum Gasteiger partial charge on any atom is 0.277 e. The first-order valence-electron chi connectivity index (χ1n) is 6.81. The van der Waals surface area contributed by atoms with Gasteiger partial charge < -0.3 is 9.88 Å². The number of benzene rings is 1. The van der Waals surface area contributed by atoms with E-state index >= 15 is 0 Å². The number of aromatic amines is 1. The highest BCUT2D eigenvalue weighted by Crippen LogP contribution is 2.25. The molecule has 5 nitrogen and oxygen atoms in total. The van der Waals surface area contributed by atoms with Gasteiger partial charge in [0.05, 0.1) is 0 Å². The van der Waals surface area contributed by atoms with E-state index in [1.54, 1.807) is 19.0 Å². The molecule has 2 aromatic rings. The average Bonchev–Trinajstić information content (AvgIpc) is 2.94. The Morgan fingerprint density at radius 1 is 1.24 bits per heavy atom. The van der Waals surface area contributed by atoms with Crippen LogP contribution in [0.2, 0.25) is 0 Å². The molecule has 108 valence electrons. The zero-order chi connectivity index (χ0) is 15.1. The van der Waals surface area contributed by atoms with Crippen LogP contribution in [0.5, 0.6) is 0 Å². The van der Waals surface area contributed by atoms with Crippen LogP contribution in [0.3, 0.4) is 0 Å². The fraction of sp³-hybridized carbons (Fsp3) is 0.250. The number of hydrogen-bond acceptors (Lipinski definition) is 2. The largest absolute Gasteiger partial charge is 0.361 e. The van der Waals surface area contributed by atoms with Gasteiger partial charge >= 0.3 is 0 Å². The second-order valence-corrected chi connectivity index (χ2v) is 5.27. The molecule has 1 saturated heterocycles. The first-order chi connectivity index (χ1) is 10.0. The van der Waals surface area contributed by atoms with E-state index < -0.39 is 0 Å². The molecule has 1 aliphatic rings. The molecule has 1 aliphatic heterocycles. The third-order valence-electron chi connectivity index (χ3n) is 3.85. The molecule has 1 aromatic heterocycles. The topological polar surface area (TPSA) is 51.7 Å². The highest BCUT2D eigenvalue weighted by molar-refractivity contribution is 6.15. The Hall–Kier alpha value is -2.56. The number of likely N-dealkylation sites (N-methyl/N-ethyl adjacent to an activating group) is 2. The molecule has 0 bridgehead atoms. The zero-order valence-electron chi connectivity index (χ0n) is 12.6. The fourth-order valence-corrected chi connectivity index (χ4v) is 2.73. The number of aromatic nitrogens is 1. The van der Waals surface area contributed by atoms with E-state index in [1.165, 1.54) is 5.56 Å². The minimum atomic E-state index is -0.0421. The van der Waals surface area contributed by atoms with Crippen LogP contribution in [0.25, 0.3) is 17.0 Å². The second kappa shape index (κ2) is 4.77. The molecule has 1 aromatic carbocycles. The Kier molecular flexibility index (Phi) is 3.05. The number of amides is 1. The Morgan fingerprint density at radius 3 is 2.67 bits per heavy atom. The first-order valence-corrected chi connectivity index (χ1v) is 6.81. The number of aliphatic imine (C=N–C) groups is 1. The number of guanidine groups is 1. The van der Waals surface area contributed by atoms with Crippen molar-refractivity contribution in [2.24, 2.45) is 4.99 Å². The summed E-state index contributed by atoms with van der Waals surface area (Å²) in [5, 5.41) is 1.11. The molecule has 2 heterocycles. The maximum absolute atomic E-state index is 12.3. The van der Waals surface area contributed by atoms with Crippen LogP contribution in [-0.2, 0) is 4.79 Å². The molecule has 0 saturated carbocycles. The van der Waals surface area contributed by atoms with E-state index in [-0.39, 0.29) is 5.91 Å². The van der Waals surface area contributed by atoms with Crippen molar-refractivity contribution in [2.45, 2.75) is 6.92 Å². The Bertz CT molecular complexity index is 785. The number of rotatable bonds is 1. The summed E-state index contributed by atoms with van der Waals surface area (Å²) in [6.45, 7) is 2.06. The summed E-state index contributed by atoms with van der Waals surface area (Å²) < 4.78 is 0. The molecule has 21 heavy (non-hydrogen) atoms. The van der Waals surface area contributed by atoms with Gasteiger partial charge in [-0.15, -0.1) is 0 Å². The number of H-pyrrole nitrogens is 1. The molecule has 0 spiro atoms. The summed E-state index contributed by atoms with van der Waals surface area (Å²) in [5.74, 6) is 0.612. The number of nitrogens with one attached hydrogen (secondary N) is 1. The molecule has 1 fully saturated rings. The van der Waals surface area contributed by atoms with Crippen molar-refractivity contribution in [1.29, 1.82) is 0 Å². The highest BCUT2D eigenvalue weighted by atomic mass is 16.2. The normalized spacial score (nSPS) is 19.5. The van der Waals surface area contributed by atoms with Crippen molar-refractivity contribution >= 4 is 28.8 Å². The van der Waals surface area contributed by atoms with Crippen LogP contribution in [0.1, 0.15) is 11.1 Å². The van der Waals surface area contributed by atoms with Crippen molar-refractivity contribution in [1.82, 2.24) is 14.8 Å². The molecule has 1 N–H and O–H groups in total. The summed E-state index contributed by atoms with van der Waals surface area (Å²) >= 11 is 0. The highest BCUT2D eigenvalue weighted by Gasteiger charge is 2.33. The molecular formula is C16H18N4O. The van der Waals surface area contributed by atoms with Gasteiger partial charge in [-0.3, -0.25) is 14.7 Å². The third-order valence-corrected chi connectivity index (χ3v) is 3.85. The lowest BCUT2D eigenvalue weighted by Gasteiger charge is -2.12. The Balaban J connectivity index is 2.10. The third kappa shape index (κ3) is 2.01. The van der Waals surface area contributed by atoms with Crippen molar-refractivity contribution in [3.05, 3.63) is 41.2 Å². The van der Waals surface area contributed by atoms with Crippen LogP contribution in [0, 0.1) is 6.92 Å². The minimum Gasteiger partial charge on any atom is -0.361 e. The van der Waals surface area contributed by atoms with Crippen LogP contribution in [-0.4, -0.2) is 47.8 Å². The summed E-state index contributed by atoms with van der Waals surface area (Å²) in [6.07, 6.45) is 3.84. The lowest BCUT2D eigenvalue weighted by Crippen LogP contribution is -2.29. The maximum atomic E-state index is 12.3. The molecule has 3 rings (SSSR count). The molecule has 0 aliphatic carbocycles. The van der Waals surface area contributed by atoms with Crippen molar-refractivity contribution in [3.63, 3.8) is 0 Å². The van der Waals surface area contributed by atoms with Crippen molar-refractivity contribution in [2.75, 3.05) is 21.1 Å². The zero-order valence-corrected chi connectivity index (χ0v) is 12.6. The molecule has 5 heteroatoms. The fourth-order valence-electron chi connectivity index (χ4n) is 2.73. The van der Waals surface area contributed by atoms with Gasteiger partial charge in [-0.25, -0.2) is 0 Å². The lowest BCUT2D eigenvalue weighted by atomic mass is 10.1. The quantitative estimate of drug-likeness (QED) is 0.815. The van der Waals surface area contributed by atoms with Gasteiger partial charge in [0.1, 0.15) is 5.70 Å². The lowest BCUT2D eigenvalue weighted by molar-refractivity contribution is -0.121. The molecule has 0 unspecified atom stereocenters. The standard InChI is InChI=1S/C16H18N4O/c1-10-5-6-12-11(9-18-13(12)7-10)8-14-15(21)20(4)16(17-2)19(14)3/h5-9,18H,1-4H3. The van der Waals surface area contributed by atoms with E-state index in [9.17, 15) is 4.79 Å². The van der Waals surface area contributed by atoms with Gasteiger partial charge in [-0.1, -0.05) is 12.1 Å². The second-order valence-electron chi connectivity index (χ2n) is 5.27. The van der Waals surface area contributed by atoms with Crippen LogP contribution in [0.4, 0.5) is 0 Å². The predicted octanol–water partition coefficient (Wildman–Crippen LogP) is 2.21. The monoisotopic (exact) mass is 282 g/mol. The van der Waals surface area contributed by atoms with Gasteiger partial charge in [0, 0.05) is 43.8 Å². The SMILES string of the molecule is CN=C1N(C)C(=O)C(=Cc2c[nH]c3cc(C)ccc23)N1C. The van der Waals surface area contributed by atoms with E-state index in [0.29, 0.717) is 11.7 Å². The van der Waals surface area contributed by atoms with Gasteiger partial charge in [-0.05, 0) is 24.6 Å². The smallest absolute Gasteiger partial charge is 0.277 e. The molecule has 0 atom stereocenters. The van der Waals surface area contributed by atoms with Crippen LogP contribution < -0.4 is 0 Å². The number of carbonyl (C=O) groups is 1. The van der Waals surface area contributed by atoms with Crippen LogP contribution in [0.15, 0.2) is 35.1 Å². The minimum absolute atomic E-state index is 0.0421. The summed E-state index contributed by atoms with van der Waals surface area (Å²) in [5.41, 5.74) is 3.91. The van der Waals surface area contributed by atoms with Gasteiger partial charge in [-0.2, -0.15) is 0 Å². The average molecular weight is 282 g/mol. The van der Waals surface area contributed by atoms with E-state index in [2.05, 4.69) is 35.1 Å². The van der Waals surface area contributed by atoms with E-state index in [4.69, 9.17) is 0 Å². The molecule has 1 amide bonds. The van der Waals surface area contributed by atoms with Crippen molar-refractivity contribution in [3.8, 4) is 0 Å². The number of aryl methyl sites for hydroxylation is 1. The Morgan fingerprint density at radius 2 is 2.00 bits per heavy atom. The van der Waals surface area contributed by atoms with Gasteiger partial charge in [0.2, 0.25) is 5.96 Å². The van der Waals surface area contributed by atoms with Crippen LogP contribution >= 0.6 is 0 Å². The predicted molar refractivity (Wildman–Crippen MR) is 84.9 cm³/mol. The number of nitrogens with zero attached hydrogens (tertiary/aromatic N) is 3. The summed E-state index contributed by atoms with van der Waals surface area (Å²) in [4.78, 5) is 23.1. The first kappa shape index (κ1) is 13.4. The Labute approximate surface area is 123 Å². The molecule has 0 radical (unpaired) electrons. The summed E-state index contributed by atoms with van der Waals surface area (Å²) in [7, 11) is 5.28. The summed E-state index contributed by atoms with van der Waals surface area (Å²) in [6, 6.07) is 6.25. The number of hydrogen-bond donors (Lipinski definition) is 1. The van der Waals surface area contributed by atoms with Crippen molar-refractivity contribution < 1.29 is 4.79 Å². The van der Waals surface area contributed by atoms with E-state index in [0.717, 1.165) is 16.5 Å². The van der Waals surface area contributed by atoms with Gasteiger partial charge in [0.25, 0.3) is 5.91 Å². The molecular weight excluding hydrogens is 264 g/mol. The number of fused-ring (bicyclic) bond motifs is 1. The van der Waals surface area contributed by atoms with Gasteiger partial charge in [0.15, 0.2) is 0 Å².